The molecular formula is C24H27N3O6. The van der Waals surface area contributed by atoms with Gasteiger partial charge in [0, 0.05) is 6.54 Å². The Hall–Kier alpha value is -3.75. The Morgan fingerprint density at radius 1 is 1.15 bits per heavy atom. The van der Waals surface area contributed by atoms with Gasteiger partial charge in [0.25, 0.3) is 5.91 Å². The number of urea groups is 1. The summed E-state index contributed by atoms with van der Waals surface area (Å²) in [6.45, 7) is 3.64. The van der Waals surface area contributed by atoms with Crippen LogP contribution >= 0.6 is 0 Å². The third-order valence-electron chi connectivity index (χ3n) is 6.04. The van der Waals surface area contributed by atoms with Crippen molar-refractivity contribution in [2.75, 3.05) is 13.9 Å². The highest BCUT2D eigenvalue weighted by atomic mass is 16.7. The number of methoxy groups -OCH3 is 1. The van der Waals surface area contributed by atoms with Crippen LogP contribution in [0.25, 0.3) is 0 Å². The number of carbonyl (C=O) groups is 3. The van der Waals surface area contributed by atoms with E-state index in [-0.39, 0.29) is 13.3 Å². The summed E-state index contributed by atoms with van der Waals surface area (Å²) in [6.07, 6.45) is 0.997. The van der Waals surface area contributed by atoms with Crippen LogP contribution in [-0.2, 0) is 22.6 Å². The molecule has 0 bridgehead atoms. The average Bonchev–Trinajstić information content (AvgIpc) is 3.37. The Bertz CT molecular complexity index is 1070. The average molecular weight is 453 g/mol. The van der Waals surface area contributed by atoms with Gasteiger partial charge in [-0.2, -0.15) is 0 Å². The number of hydrogen-bond acceptors (Lipinski definition) is 6. The topological polar surface area (TPSA) is 106 Å². The van der Waals surface area contributed by atoms with Crippen molar-refractivity contribution in [1.29, 1.82) is 0 Å². The number of imide groups is 1. The Morgan fingerprint density at radius 3 is 2.58 bits per heavy atom. The molecule has 0 unspecified atom stereocenters. The van der Waals surface area contributed by atoms with Gasteiger partial charge < -0.3 is 24.8 Å². The van der Waals surface area contributed by atoms with E-state index in [1.165, 1.54) is 0 Å². The normalized spacial score (nSPS) is 19.9. The van der Waals surface area contributed by atoms with Crippen molar-refractivity contribution < 1.29 is 28.6 Å². The molecule has 0 aliphatic carbocycles. The molecule has 4 rings (SSSR count). The Balaban J connectivity index is 1.35. The van der Waals surface area contributed by atoms with Crippen LogP contribution in [0.3, 0.4) is 0 Å². The van der Waals surface area contributed by atoms with Crippen LogP contribution in [0.2, 0.25) is 0 Å². The third-order valence-corrected chi connectivity index (χ3v) is 6.04. The predicted octanol–water partition coefficient (Wildman–Crippen LogP) is 2.37. The number of nitrogens with one attached hydrogen (secondary N) is 2. The van der Waals surface area contributed by atoms with Gasteiger partial charge >= 0.3 is 6.03 Å². The summed E-state index contributed by atoms with van der Waals surface area (Å²) in [5, 5.41) is 5.55. The van der Waals surface area contributed by atoms with Crippen molar-refractivity contribution in [3.8, 4) is 17.2 Å². The fraction of sp³-hybridized carbons (Fsp3) is 0.375. The van der Waals surface area contributed by atoms with Gasteiger partial charge in [0.2, 0.25) is 12.7 Å². The second-order valence-corrected chi connectivity index (χ2v) is 8.37. The van der Waals surface area contributed by atoms with E-state index in [0.29, 0.717) is 24.3 Å². The molecule has 9 nitrogen and oxygen atoms in total. The minimum absolute atomic E-state index is 0.172. The molecule has 2 aliphatic heterocycles. The predicted molar refractivity (Wildman–Crippen MR) is 119 cm³/mol. The summed E-state index contributed by atoms with van der Waals surface area (Å²) < 4.78 is 15.8. The molecule has 4 amide bonds. The molecule has 2 N–H and O–H groups in total. The van der Waals surface area contributed by atoms with Crippen LogP contribution in [-0.4, -0.2) is 48.2 Å². The lowest BCUT2D eigenvalue weighted by molar-refractivity contribution is -0.137. The summed E-state index contributed by atoms with van der Waals surface area (Å²) in [7, 11) is 1.60. The molecule has 2 aromatic rings. The smallest absolute Gasteiger partial charge is 0.325 e. The van der Waals surface area contributed by atoms with Gasteiger partial charge in [-0.25, -0.2) is 9.69 Å². The first-order valence-electron chi connectivity index (χ1n) is 10.8. The van der Waals surface area contributed by atoms with Gasteiger partial charge in [-0.1, -0.05) is 18.2 Å². The number of ether oxygens (including phenoxy) is 3. The van der Waals surface area contributed by atoms with Gasteiger partial charge in [0.05, 0.1) is 7.11 Å². The summed E-state index contributed by atoms with van der Waals surface area (Å²) >= 11 is 0. The molecule has 174 valence electrons. The molecule has 33 heavy (non-hydrogen) atoms. The van der Waals surface area contributed by atoms with Crippen LogP contribution in [0, 0.1) is 0 Å². The Labute approximate surface area is 192 Å². The maximum atomic E-state index is 13.1. The number of benzene rings is 2. The Kier molecular flexibility index (Phi) is 6.13. The monoisotopic (exact) mass is 453 g/mol. The second-order valence-electron chi connectivity index (χ2n) is 8.37. The summed E-state index contributed by atoms with van der Waals surface area (Å²) in [5.41, 5.74) is 0.761. The first-order chi connectivity index (χ1) is 15.8. The zero-order chi connectivity index (χ0) is 23.6. The van der Waals surface area contributed by atoms with Crippen LogP contribution in [0.4, 0.5) is 4.79 Å². The van der Waals surface area contributed by atoms with Crippen molar-refractivity contribution in [3.63, 3.8) is 0 Å². The van der Waals surface area contributed by atoms with Crippen LogP contribution in [0.1, 0.15) is 31.4 Å². The lowest BCUT2D eigenvalue weighted by atomic mass is 9.93. The van der Waals surface area contributed by atoms with Crippen molar-refractivity contribution in [3.05, 3.63) is 53.6 Å². The largest absolute Gasteiger partial charge is 0.497 e. The molecule has 1 saturated heterocycles. The van der Waals surface area contributed by atoms with Crippen molar-refractivity contribution in [2.24, 2.45) is 0 Å². The number of amides is 4. The minimum Gasteiger partial charge on any atom is -0.497 e. The molecule has 9 heteroatoms. The number of nitrogens with zero attached hydrogens (tertiary/aromatic N) is 1. The fourth-order valence-corrected chi connectivity index (χ4v) is 3.92. The summed E-state index contributed by atoms with van der Waals surface area (Å²) in [6, 6.07) is 11.4. The SMILES string of the molecule is COc1ccc(CC[C@]2(C)NC(=O)N([C@@H](C)C(=O)NCc3ccc4c(c3)OCO4)C2=O)cc1. The number of hydrogen-bond donors (Lipinski definition) is 2. The molecule has 2 heterocycles. The maximum absolute atomic E-state index is 13.1. The molecule has 0 saturated carbocycles. The molecule has 2 aliphatic rings. The lowest BCUT2D eigenvalue weighted by Gasteiger charge is -2.24. The van der Waals surface area contributed by atoms with E-state index in [9.17, 15) is 14.4 Å². The molecular weight excluding hydrogens is 426 g/mol. The lowest BCUT2D eigenvalue weighted by Crippen LogP contribution is -2.49. The van der Waals surface area contributed by atoms with Gasteiger partial charge in [-0.05, 0) is 62.1 Å². The quantitative estimate of drug-likeness (QED) is 0.595. The van der Waals surface area contributed by atoms with E-state index in [0.717, 1.165) is 21.8 Å². The molecule has 1 fully saturated rings. The van der Waals surface area contributed by atoms with Gasteiger partial charge in [0.15, 0.2) is 11.5 Å². The molecule has 0 aromatic heterocycles. The van der Waals surface area contributed by atoms with Gasteiger partial charge in [-0.3, -0.25) is 9.59 Å². The van der Waals surface area contributed by atoms with Gasteiger partial charge in [0.1, 0.15) is 17.3 Å². The van der Waals surface area contributed by atoms with E-state index in [1.54, 1.807) is 33.1 Å². The number of carbonyl (C=O) groups excluding carboxylic acids is 3. The van der Waals surface area contributed by atoms with Gasteiger partial charge in [-0.15, -0.1) is 0 Å². The first-order valence-corrected chi connectivity index (χ1v) is 10.8. The highest BCUT2D eigenvalue weighted by Gasteiger charge is 2.50. The van der Waals surface area contributed by atoms with E-state index < -0.39 is 29.4 Å². The minimum atomic E-state index is -1.08. The van der Waals surface area contributed by atoms with Crippen molar-refractivity contribution in [2.45, 2.75) is 44.8 Å². The van der Waals surface area contributed by atoms with Crippen LogP contribution < -0.4 is 24.8 Å². The second kappa shape index (κ2) is 9.01. The fourth-order valence-electron chi connectivity index (χ4n) is 3.92. The zero-order valence-corrected chi connectivity index (χ0v) is 18.8. The molecule has 0 radical (unpaired) electrons. The van der Waals surface area contributed by atoms with E-state index in [1.807, 2.05) is 30.3 Å². The number of rotatable bonds is 8. The summed E-state index contributed by atoms with van der Waals surface area (Å²) in [4.78, 5) is 39.5. The highest BCUT2D eigenvalue weighted by Crippen LogP contribution is 2.32. The van der Waals surface area contributed by atoms with Crippen LogP contribution in [0.15, 0.2) is 42.5 Å². The van der Waals surface area contributed by atoms with Crippen molar-refractivity contribution in [1.82, 2.24) is 15.5 Å². The van der Waals surface area contributed by atoms with Crippen LogP contribution in [0.5, 0.6) is 17.2 Å². The maximum Gasteiger partial charge on any atom is 0.325 e. The number of fused-ring (bicyclic) bond motifs is 1. The van der Waals surface area contributed by atoms with Crippen molar-refractivity contribution >= 4 is 17.8 Å². The molecule has 0 spiro atoms. The molecule has 2 atom stereocenters. The molecule has 2 aromatic carbocycles. The zero-order valence-electron chi connectivity index (χ0n) is 18.8. The third kappa shape index (κ3) is 4.57. The number of aryl methyl sites for hydroxylation is 1. The standard InChI is InChI=1S/C24H27N3O6/c1-15(21(28)25-13-17-6-9-19-20(12-17)33-14-32-19)27-22(29)24(2,26-23(27)30)11-10-16-4-7-18(31-3)8-5-16/h4-9,12,15H,10-11,13-14H2,1-3H3,(H,25,28)(H,26,30)/t15-,24-/m0/s1. The van der Waals surface area contributed by atoms with E-state index in [2.05, 4.69) is 10.6 Å². The Morgan fingerprint density at radius 2 is 1.85 bits per heavy atom. The first kappa shape index (κ1) is 22.4. The summed E-state index contributed by atoms with van der Waals surface area (Å²) in [5.74, 6) is 1.20. The van der Waals surface area contributed by atoms with E-state index >= 15 is 0 Å². The van der Waals surface area contributed by atoms with E-state index in [4.69, 9.17) is 14.2 Å². The highest BCUT2D eigenvalue weighted by molar-refractivity contribution is 6.09.